The average molecular weight is 287 g/mol. The molecule has 1 N–H and O–H groups in total. The first kappa shape index (κ1) is 13.7. The Morgan fingerprint density at radius 1 is 1.22 bits per heavy atom. The fourth-order valence-corrected chi connectivity index (χ4v) is 3.04. The van der Waals surface area contributed by atoms with Crippen LogP contribution in [0.5, 0.6) is 0 Å². The Bertz CT molecular complexity index is 440. The fraction of sp³-hybridized carbons (Fsp3) is 0.462. The first-order valence-electron chi connectivity index (χ1n) is 6.00. The smallest absolute Gasteiger partial charge is 0.255 e. The Hall–Kier alpha value is -0.770. The molecule has 2 unspecified atom stereocenters. The maximum atomic E-state index is 12.3. The van der Waals surface area contributed by atoms with Crippen molar-refractivity contribution in [3.05, 3.63) is 34.9 Å². The second-order valence-electron chi connectivity index (χ2n) is 4.87. The lowest BCUT2D eigenvalue weighted by molar-refractivity contribution is 0.0782. The second-order valence-corrected chi connectivity index (χ2v) is 5.28. The normalized spacial score (nSPS) is 25.7. The molecule has 0 radical (unpaired) electrons. The SMILES string of the molecule is Cl.O=C(c1ccccc1Cl)N1CC2CNCC2C1. The third-order valence-electron chi connectivity index (χ3n) is 3.78. The number of hydrogen-bond acceptors (Lipinski definition) is 2. The highest BCUT2D eigenvalue weighted by molar-refractivity contribution is 6.33. The molecule has 98 valence electrons. The molecule has 0 aliphatic carbocycles. The third kappa shape index (κ3) is 2.35. The van der Waals surface area contributed by atoms with Crippen LogP contribution in [0.2, 0.25) is 5.02 Å². The van der Waals surface area contributed by atoms with Crippen molar-refractivity contribution in [2.24, 2.45) is 11.8 Å². The molecular formula is C13H16Cl2N2O. The van der Waals surface area contributed by atoms with Crippen LogP contribution < -0.4 is 5.32 Å². The highest BCUT2D eigenvalue weighted by Gasteiger charge is 2.38. The van der Waals surface area contributed by atoms with Gasteiger partial charge in [0.1, 0.15) is 0 Å². The van der Waals surface area contributed by atoms with Gasteiger partial charge in [0.05, 0.1) is 10.6 Å². The average Bonchev–Trinajstić information content (AvgIpc) is 2.88. The Morgan fingerprint density at radius 3 is 2.44 bits per heavy atom. The van der Waals surface area contributed by atoms with Crippen LogP contribution in [0.3, 0.4) is 0 Å². The molecule has 0 saturated carbocycles. The van der Waals surface area contributed by atoms with E-state index in [1.807, 2.05) is 17.0 Å². The third-order valence-corrected chi connectivity index (χ3v) is 4.11. The fourth-order valence-electron chi connectivity index (χ4n) is 2.83. The number of rotatable bonds is 1. The Kier molecular flexibility index (Phi) is 4.15. The van der Waals surface area contributed by atoms with Crippen molar-refractivity contribution in [2.75, 3.05) is 26.2 Å². The van der Waals surface area contributed by atoms with E-state index in [4.69, 9.17) is 11.6 Å². The molecule has 0 aromatic heterocycles. The topological polar surface area (TPSA) is 32.3 Å². The van der Waals surface area contributed by atoms with E-state index >= 15 is 0 Å². The van der Waals surface area contributed by atoms with Gasteiger partial charge in [0.2, 0.25) is 0 Å². The number of likely N-dealkylation sites (tertiary alicyclic amines) is 1. The Balaban J connectivity index is 0.00000120. The number of nitrogens with one attached hydrogen (secondary N) is 1. The summed E-state index contributed by atoms with van der Waals surface area (Å²) in [4.78, 5) is 14.3. The molecule has 1 aromatic carbocycles. The summed E-state index contributed by atoms with van der Waals surface area (Å²) < 4.78 is 0. The largest absolute Gasteiger partial charge is 0.338 e. The van der Waals surface area contributed by atoms with E-state index in [1.54, 1.807) is 12.1 Å². The quantitative estimate of drug-likeness (QED) is 0.857. The van der Waals surface area contributed by atoms with E-state index in [-0.39, 0.29) is 18.3 Å². The zero-order valence-corrected chi connectivity index (χ0v) is 11.5. The van der Waals surface area contributed by atoms with Crippen LogP contribution in [0, 0.1) is 11.8 Å². The first-order valence-corrected chi connectivity index (χ1v) is 6.38. The van der Waals surface area contributed by atoms with Gasteiger partial charge in [-0.15, -0.1) is 12.4 Å². The predicted molar refractivity (Wildman–Crippen MR) is 74.5 cm³/mol. The van der Waals surface area contributed by atoms with Crippen molar-refractivity contribution in [3.63, 3.8) is 0 Å². The van der Waals surface area contributed by atoms with Crippen molar-refractivity contribution in [3.8, 4) is 0 Å². The van der Waals surface area contributed by atoms with Gasteiger partial charge in [-0.25, -0.2) is 0 Å². The summed E-state index contributed by atoms with van der Waals surface area (Å²) in [6, 6.07) is 7.28. The summed E-state index contributed by atoms with van der Waals surface area (Å²) in [6.07, 6.45) is 0. The first-order chi connectivity index (χ1) is 8.25. The highest BCUT2D eigenvalue weighted by atomic mass is 35.5. The summed E-state index contributed by atoms with van der Waals surface area (Å²) in [5, 5.41) is 3.92. The van der Waals surface area contributed by atoms with Gasteiger partial charge in [0.15, 0.2) is 0 Å². The van der Waals surface area contributed by atoms with Crippen LogP contribution in [-0.2, 0) is 0 Å². The summed E-state index contributed by atoms with van der Waals surface area (Å²) in [5.41, 5.74) is 0.627. The highest BCUT2D eigenvalue weighted by Crippen LogP contribution is 2.28. The molecule has 1 aromatic rings. The molecule has 18 heavy (non-hydrogen) atoms. The van der Waals surface area contributed by atoms with Gasteiger partial charge in [0, 0.05) is 26.2 Å². The molecule has 2 aliphatic rings. The lowest BCUT2D eigenvalue weighted by Gasteiger charge is -2.18. The van der Waals surface area contributed by atoms with Crippen LogP contribution in [0.15, 0.2) is 24.3 Å². The van der Waals surface area contributed by atoms with Gasteiger partial charge >= 0.3 is 0 Å². The van der Waals surface area contributed by atoms with E-state index in [1.165, 1.54) is 0 Å². The maximum Gasteiger partial charge on any atom is 0.255 e. The predicted octanol–water partition coefficient (Wildman–Crippen LogP) is 2.05. The minimum atomic E-state index is 0. The molecule has 0 spiro atoms. The Labute approximate surface area is 118 Å². The standard InChI is InChI=1S/C13H15ClN2O.ClH/c14-12-4-2-1-3-11(12)13(17)16-7-9-5-15-6-10(9)8-16;/h1-4,9-10,15H,5-8H2;1H. The molecule has 5 heteroatoms. The number of benzene rings is 1. The number of hydrogen-bond donors (Lipinski definition) is 1. The second kappa shape index (κ2) is 5.47. The molecule has 2 atom stereocenters. The van der Waals surface area contributed by atoms with E-state index in [9.17, 15) is 4.79 Å². The number of halogens is 2. The molecular weight excluding hydrogens is 271 g/mol. The van der Waals surface area contributed by atoms with E-state index in [0.29, 0.717) is 22.4 Å². The lowest BCUT2D eigenvalue weighted by Crippen LogP contribution is -2.32. The van der Waals surface area contributed by atoms with Crippen LogP contribution in [0.25, 0.3) is 0 Å². The van der Waals surface area contributed by atoms with Crippen molar-refractivity contribution in [1.29, 1.82) is 0 Å². The molecule has 2 fully saturated rings. The van der Waals surface area contributed by atoms with E-state index in [2.05, 4.69) is 5.32 Å². The minimum Gasteiger partial charge on any atom is -0.338 e. The number of amides is 1. The van der Waals surface area contributed by atoms with Gasteiger partial charge < -0.3 is 10.2 Å². The molecule has 3 rings (SSSR count). The van der Waals surface area contributed by atoms with E-state index in [0.717, 1.165) is 26.2 Å². The molecule has 2 heterocycles. The number of fused-ring (bicyclic) bond motifs is 1. The molecule has 0 bridgehead atoms. The summed E-state index contributed by atoms with van der Waals surface area (Å²) in [7, 11) is 0. The molecule has 3 nitrogen and oxygen atoms in total. The molecule has 1 amide bonds. The van der Waals surface area contributed by atoms with Gasteiger partial charge in [-0.3, -0.25) is 4.79 Å². The van der Waals surface area contributed by atoms with Gasteiger partial charge in [-0.2, -0.15) is 0 Å². The lowest BCUT2D eigenvalue weighted by atomic mass is 10.0. The van der Waals surface area contributed by atoms with Gasteiger partial charge in [0.25, 0.3) is 5.91 Å². The van der Waals surface area contributed by atoms with Gasteiger partial charge in [-0.1, -0.05) is 23.7 Å². The zero-order valence-electron chi connectivity index (χ0n) is 9.93. The number of nitrogens with zero attached hydrogens (tertiary/aromatic N) is 1. The van der Waals surface area contributed by atoms with E-state index < -0.39 is 0 Å². The number of carbonyl (C=O) groups is 1. The minimum absolute atomic E-state index is 0. The van der Waals surface area contributed by atoms with Crippen LogP contribution >= 0.6 is 24.0 Å². The molecule has 2 aliphatic heterocycles. The van der Waals surface area contributed by atoms with Crippen molar-refractivity contribution in [1.82, 2.24) is 10.2 Å². The van der Waals surface area contributed by atoms with Crippen molar-refractivity contribution in [2.45, 2.75) is 0 Å². The summed E-state index contributed by atoms with van der Waals surface area (Å²) >= 11 is 6.06. The van der Waals surface area contributed by atoms with Crippen molar-refractivity contribution >= 4 is 29.9 Å². The monoisotopic (exact) mass is 286 g/mol. The maximum absolute atomic E-state index is 12.3. The number of carbonyl (C=O) groups excluding carboxylic acids is 1. The summed E-state index contributed by atoms with van der Waals surface area (Å²) in [5.74, 6) is 1.33. The van der Waals surface area contributed by atoms with Crippen molar-refractivity contribution < 1.29 is 4.79 Å². The van der Waals surface area contributed by atoms with Crippen LogP contribution in [-0.4, -0.2) is 37.0 Å². The Morgan fingerprint density at radius 2 is 1.83 bits per heavy atom. The van der Waals surface area contributed by atoms with Gasteiger partial charge in [-0.05, 0) is 24.0 Å². The van der Waals surface area contributed by atoms with Crippen LogP contribution in [0.4, 0.5) is 0 Å². The molecule has 2 saturated heterocycles. The zero-order chi connectivity index (χ0) is 11.8. The van der Waals surface area contributed by atoms with Crippen LogP contribution in [0.1, 0.15) is 10.4 Å². The summed E-state index contributed by atoms with van der Waals surface area (Å²) in [6.45, 7) is 3.80.